The molecule has 2 heterocycles. The van der Waals surface area contributed by atoms with Crippen molar-refractivity contribution in [3.05, 3.63) is 45.1 Å². The number of carbonyl (C=O) groups is 1. The third-order valence-electron chi connectivity index (χ3n) is 5.19. The van der Waals surface area contributed by atoms with Gasteiger partial charge in [0, 0.05) is 11.4 Å². The fraction of sp³-hybridized carbons (Fsp3) is 0.400. The lowest BCUT2D eigenvalue weighted by Gasteiger charge is -2.29. The highest BCUT2D eigenvalue weighted by atomic mass is 32.1. The average molecular weight is 355 g/mol. The first-order valence-electron chi connectivity index (χ1n) is 8.81. The molecule has 1 amide bonds. The lowest BCUT2D eigenvalue weighted by molar-refractivity contribution is 0.0914. The Morgan fingerprint density at radius 2 is 2.00 bits per heavy atom. The minimum atomic E-state index is -0.382. The lowest BCUT2D eigenvalue weighted by atomic mass is 9.86. The number of rotatable bonds is 2. The van der Waals surface area contributed by atoms with Crippen LogP contribution in [0.25, 0.3) is 21.1 Å². The Bertz CT molecular complexity index is 1020. The van der Waals surface area contributed by atoms with Crippen LogP contribution in [0.2, 0.25) is 0 Å². The predicted molar refractivity (Wildman–Crippen MR) is 101 cm³/mol. The van der Waals surface area contributed by atoms with E-state index >= 15 is 0 Å². The fourth-order valence-electron chi connectivity index (χ4n) is 3.69. The van der Waals surface area contributed by atoms with E-state index in [1.807, 2.05) is 25.1 Å². The number of hydrogen-bond acceptors (Lipinski definition) is 4. The summed E-state index contributed by atoms with van der Waals surface area (Å²) in [6, 6.07) is 7.64. The van der Waals surface area contributed by atoms with E-state index in [1.165, 1.54) is 17.8 Å². The molecule has 1 fully saturated rings. The maximum Gasteiger partial charge on any atom is 0.345 e. The van der Waals surface area contributed by atoms with Crippen molar-refractivity contribution in [2.75, 3.05) is 0 Å². The van der Waals surface area contributed by atoms with Gasteiger partial charge in [-0.05, 0) is 43.9 Å². The molecule has 4 nitrogen and oxygen atoms in total. The van der Waals surface area contributed by atoms with Gasteiger partial charge in [-0.3, -0.25) is 4.79 Å². The molecule has 1 aliphatic rings. The van der Waals surface area contributed by atoms with E-state index in [0.717, 1.165) is 34.9 Å². The molecule has 0 unspecified atom stereocenters. The van der Waals surface area contributed by atoms with Gasteiger partial charge in [-0.15, -0.1) is 11.3 Å². The number of aryl methyl sites for hydroxylation is 1. The molecule has 1 saturated carbocycles. The molecule has 25 heavy (non-hydrogen) atoms. The van der Waals surface area contributed by atoms with Crippen LogP contribution in [0.1, 0.15) is 47.8 Å². The molecule has 3 aromatic rings. The van der Waals surface area contributed by atoms with Crippen molar-refractivity contribution in [3.63, 3.8) is 0 Å². The standard InChI is InChI=1S/C20H21NO3S/c1-11-7-8-16-13(9-11)18-14(20(23)24-16)10-17(25-18)19(22)21-15-6-4-3-5-12(15)2/h7-10,12,15H,3-6H2,1-2H3,(H,21,22)/t12-,15+/m0/s1. The van der Waals surface area contributed by atoms with Crippen molar-refractivity contribution >= 4 is 38.3 Å². The summed E-state index contributed by atoms with van der Waals surface area (Å²) < 4.78 is 6.24. The van der Waals surface area contributed by atoms with E-state index in [0.29, 0.717) is 21.8 Å². The molecule has 1 N–H and O–H groups in total. The number of fused-ring (bicyclic) bond motifs is 3. The molecular formula is C20H21NO3S. The third-order valence-corrected chi connectivity index (χ3v) is 6.35. The highest BCUT2D eigenvalue weighted by Gasteiger charge is 2.24. The van der Waals surface area contributed by atoms with Crippen LogP contribution in [0.3, 0.4) is 0 Å². The van der Waals surface area contributed by atoms with Gasteiger partial charge in [0.2, 0.25) is 0 Å². The maximum atomic E-state index is 12.7. The minimum Gasteiger partial charge on any atom is -0.422 e. The van der Waals surface area contributed by atoms with Crippen LogP contribution in [0.4, 0.5) is 0 Å². The minimum absolute atomic E-state index is 0.0832. The van der Waals surface area contributed by atoms with Crippen molar-refractivity contribution in [1.29, 1.82) is 0 Å². The van der Waals surface area contributed by atoms with Gasteiger partial charge in [-0.1, -0.05) is 31.4 Å². The topological polar surface area (TPSA) is 59.3 Å². The molecule has 5 heteroatoms. The average Bonchev–Trinajstić information content (AvgIpc) is 3.04. The van der Waals surface area contributed by atoms with Gasteiger partial charge in [-0.2, -0.15) is 0 Å². The normalized spacial score (nSPS) is 20.9. The number of hydrogen-bond donors (Lipinski definition) is 1. The van der Waals surface area contributed by atoms with Crippen molar-refractivity contribution in [1.82, 2.24) is 5.32 Å². The highest BCUT2D eigenvalue weighted by molar-refractivity contribution is 7.21. The van der Waals surface area contributed by atoms with Gasteiger partial charge in [-0.25, -0.2) is 4.79 Å². The molecule has 0 spiro atoms. The van der Waals surface area contributed by atoms with Gasteiger partial charge in [0.15, 0.2) is 0 Å². The summed E-state index contributed by atoms with van der Waals surface area (Å²) >= 11 is 1.38. The monoisotopic (exact) mass is 355 g/mol. The van der Waals surface area contributed by atoms with Crippen LogP contribution < -0.4 is 10.9 Å². The summed E-state index contributed by atoms with van der Waals surface area (Å²) in [5, 5.41) is 4.55. The number of amides is 1. The molecule has 0 radical (unpaired) electrons. The SMILES string of the molecule is Cc1ccc2oc(=O)c3cc(C(=O)N[C@@H]4CCCC[C@@H]4C)sc3c2c1. The molecule has 4 rings (SSSR count). The molecule has 2 atom stereocenters. The first-order valence-corrected chi connectivity index (χ1v) is 9.62. The Morgan fingerprint density at radius 3 is 2.80 bits per heavy atom. The molecule has 2 aromatic heterocycles. The quantitative estimate of drug-likeness (QED) is 0.682. The Hall–Kier alpha value is -2.14. The molecule has 1 aliphatic carbocycles. The van der Waals surface area contributed by atoms with Crippen molar-refractivity contribution in [3.8, 4) is 0 Å². The Kier molecular flexibility index (Phi) is 4.12. The second-order valence-electron chi connectivity index (χ2n) is 7.08. The van der Waals surface area contributed by atoms with Crippen LogP contribution in [-0.2, 0) is 0 Å². The van der Waals surface area contributed by atoms with Crippen molar-refractivity contribution < 1.29 is 9.21 Å². The zero-order valence-electron chi connectivity index (χ0n) is 14.4. The predicted octanol–water partition coefficient (Wildman–Crippen LogP) is 4.62. The number of benzene rings is 1. The highest BCUT2D eigenvalue weighted by Crippen LogP contribution is 2.31. The summed E-state index contributed by atoms with van der Waals surface area (Å²) in [7, 11) is 0. The lowest BCUT2D eigenvalue weighted by Crippen LogP contribution is -2.40. The van der Waals surface area contributed by atoms with Crippen LogP contribution in [0.15, 0.2) is 33.5 Å². The number of carbonyl (C=O) groups excluding carboxylic acids is 1. The second-order valence-corrected chi connectivity index (χ2v) is 8.14. The van der Waals surface area contributed by atoms with Crippen LogP contribution >= 0.6 is 11.3 Å². The van der Waals surface area contributed by atoms with Gasteiger partial charge in [0.1, 0.15) is 5.58 Å². The van der Waals surface area contributed by atoms with Crippen LogP contribution in [-0.4, -0.2) is 11.9 Å². The van der Waals surface area contributed by atoms with E-state index in [-0.39, 0.29) is 17.6 Å². The van der Waals surface area contributed by atoms with Gasteiger partial charge in [0.05, 0.1) is 15.0 Å². The molecule has 0 saturated heterocycles. The maximum absolute atomic E-state index is 12.7. The summed E-state index contributed by atoms with van der Waals surface area (Å²) in [6.07, 6.45) is 4.59. The third kappa shape index (κ3) is 2.97. The van der Waals surface area contributed by atoms with Crippen molar-refractivity contribution in [2.45, 2.75) is 45.6 Å². The zero-order chi connectivity index (χ0) is 17.6. The summed E-state index contributed by atoms with van der Waals surface area (Å²) in [5.41, 5.74) is 1.28. The smallest absolute Gasteiger partial charge is 0.345 e. The summed E-state index contributed by atoms with van der Waals surface area (Å²) in [4.78, 5) is 25.6. The first-order chi connectivity index (χ1) is 12.0. The van der Waals surface area contributed by atoms with E-state index < -0.39 is 0 Å². The first kappa shape index (κ1) is 16.3. The molecule has 0 bridgehead atoms. The van der Waals surface area contributed by atoms with E-state index in [4.69, 9.17) is 4.42 Å². The van der Waals surface area contributed by atoms with E-state index in [9.17, 15) is 9.59 Å². The van der Waals surface area contributed by atoms with E-state index in [1.54, 1.807) is 6.07 Å². The number of nitrogens with one attached hydrogen (secondary N) is 1. The summed E-state index contributed by atoms with van der Waals surface area (Å²) in [6.45, 7) is 4.20. The Balaban J connectivity index is 1.74. The van der Waals surface area contributed by atoms with Gasteiger partial charge < -0.3 is 9.73 Å². The fourth-order valence-corrected chi connectivity index (χ4v) is 4.76. The summed E-state index contributed by atoms with van der Waals surface area (Å²) in [5.74, 6) is 0.417. The van der Waals surface area contributed by atoms with E-state index in [2.05, 4.69) is 12.2 Å². The molecule has 1 aromatic carbocycles. The van der Waals surface area contributed by atoms with Crippen LogP contribution in [0.5, 0.6) is 0 Å². The molecular weight excluding hydrogens is 334 g/mol. The largest absolute Gasteiger partial charge is 0.422 e. The molecule has 130 valence electrons. The Morgan fingerprint density at radius 1 is 1.20 bits per heavy atom. The zero-order valence-corrected chi connectivity index (χ0v) is 15.2. The van der Waals surface area contributed by atoms with Crippen LogP contribution in [0, 0.1) is 12.8 Å². The Labute approximate surface area is 149 Å². The van der Waals surface area contributed by atoms with Gasteiger partial charge in [0.25, 0.3) is 5.91 Å². The number of thiophene rings is 1. The molecule has 0 aliphatic heterocycles. The second kappa shape index (κ2) is 6.30. The van der Waals surface area contributed by atoms with Crippen molar-refractivity contribution in [2.24, 2.45) is 5.92 Å². The van der Waals surface area contributed by atoms with Gasteiger partial charge >= 0.3 is 5.63 Å².